The van der Waals surface area contributed by atoms with Crippen LogP contribution < -0.4 is 0 Å². The molecule has 2 saturated heterocycles. The molecule has 0 bridgehead atoms. The lowest BCUT2D eigenvalue weighted by Gasteiger charge is -2.38. The van der Waals surface area contributed by atoms with Gasteiger partial charge >= 0.3 is 0 Å². The van der Waals surface area contributed by atoms with Gasteiger partial charge in [-0.25, -0.2) is 4.39 Å². The lowest BCUT2D eigenvalue weighted by molar-refractivity contribution is 0.0738. The van der Waals surface area contributed by atoms with Crippen LogP contribution in [0.4, 0.5) is 4.39 Å². The maximum atomic E-state index is 13.0. The Labute approximate surface area is 163 Å². The maximum Gasteiger partial charge on any atom is 0.123 e. The lowest BCUT2D eigenvalue weighted by atomic mass is 9.89. The Bertz CT molecular complexity index is 592. The number of halogens is 1. The van der Waals surface area contributed by atoms with Crippen LogP contribution in [0.25, 0.3) is 6.08 Å². The predicted octanol–water partition coefficient (Wildman–Crippen LogP) is 2.41. The third-order valence-electron chi connectivity index (χ3n) is 5.83. The highest BCUT2D eigenvalue weighted by Gasteiger charge is 2.28. The zero-order valence-corrected chi connectivity index (χ0v) is 16.6. The summed E-state index contributed by atoms with van der Waals surface area (Å²) in [6.45, 7) is 9.05. The number of hydrogen-bond acceptors (Lipinski definition) is 4. The van der Waals surface area contributed by atoms with Crippen LogP contribution in [0.3, 0.4) is 0 Å². The molecule has 0 aliphatic carbocycles. The van der Waals surface area contributed by atoms with E-state index in [0.29, 0.717) is 11.8 Å². The van der Waals surface area contributed by atoms with Gasteiger partial charge in [0.15, 0.2) is 0 Å². The van der Waals surface area contributed by atoms with E-state index in [1.165, 1.54) is 31.6 Å². The highest BCUT2D eigenvalue weighted by molar-refractivity contribution is 5.48. The second-order valence-corrected chi connectivity index (χ2v) is 8.28. The molecule has 5 heteroatoms. The Morgan fingerprint density at radius 3 is 2.59 bits per heavy atom. The van der Waals surface area contributed by atoms with Gasteiger partial charge in [0.05, 0.1) is 0 Å². The van der Waals surface area contributed by atoms with Gasteiger partial charge in [-0.3, -0.25) is 4.90 Å². The number of likely N-dealkylation sites (tertiary alicyclic amines) is 1. The minimum atomic E-state index is -0.198. The molecular weight excluding hydrogens is 341 g/mol. The smallest absolute Gasteiger partial charge is 0.123 e. The van der Waals surface area contributed by atoms with Gasteiger partial charge in [-0.2, -0.15) is 0 Å². The van der Waals surface area contributed by atoms with Gasteiger partial charge in [0, 0.05) is 45.9 Å². The van der Waals surface area contributed by atoms with E-state index in [2.05, 4.69) is 33.9 Å². The molecule has 0 saturated carbocycles. The van der Waals surface area contributed by atoms with Crippen molar-refractivity contribution < 1.29 is 9.50 Å². The van der Waals surface area contributed by atoms with E-state index in [1.807, 2.05) is 0 Å². The molecule has 150 valence electrons. The monoisotopic (exact) mass is 375 g/mol. The summed E-state index contributed by atoms with van der Waals surface area (Å²) in [6.07, 6.45) is 6.59. The Hall–Kier alpha value is -1.27. The summed E-state index contributed by atoms with van der Waals surface area (Å²) in [4.78, 5) is 7.49. The van der Waals surface area contributed by atoms with Crippen LogP contribution in [0.5, 0.6) is 0 Å². The van der Waals surface area contributed by atoms with Crippen LogP contribution in [0.2, 0.25) is 0 Å². The van der Waals surface area contributed by atoms with Gasteiger partial charge in [-0.05, 0) is 62.5 Å². The standard InChI is InChI=1S/C22H34FN3O/c1-24-9-3-11-25(13-12-24)15-20-14-21(18-27)17-26(16-20)10-2-4-19-5-7-22(23)8-6-19/h2,4-8,20-21,27H,3,9-18H2,1H3/b4-2+. The van der Waals surface area contributed by atoms with E-state index in [0.717, 1.165) is 51.3 Å². The maximum absolute atomic E-state index is 13.0. The largest absolute Gasteiger partial charge is 0.396 e. The minimum absolute atomic E-state index is 0.198. The molecular formula is C22H34FN3O. The SMILES string of the molecule is CN1CCCN(CC2CC(CO)CN(C/C=C/c3ccc(F)cc3)C2)CC1. The van der Waals surface area contributed by atoms with Crippen LogP contribution in [0, 0.1) is 17.7 Å². The molecule has 1 N–H and O–H groups in total. The Kier molecular flexibility index (Phi) is 7.82. The molecule has 2 unspecified atom stereocenters. The molecule has 0 radical (unpaired) electrons. The first kappa shape index (κ1) is 20.5. The molecule has 2 atom stereocenters. The molecule has 0 amide bonds. The molecule has 1 aromatic carbocycles. The number of aliphatic hydroxyl groups excluding tert-OH is 1. The van der Waals surface area contributed by atoms with E-state index >= 15 is 0 Å². The van der Waals surface area contributed by atoms with Crippen LogP contribution in [0.1, 0.15) is 18.4 Å². The van der Waals surface area contributed by atoms with Crippen molar-refractivity contribution >= 4 is 6.08 Å². The Morgan fingerprint density at radius 2 is 1.81 bits per heavy atom. The molecule has 2 aliphatic heterocycles. The average molecular weight is 376 g/mol. The van der Waals surface area contributed by atoms with Crippen LogP contribution in [-0.4, -0.2) is 85.8 Å². The summed E-state index contributed by atoms with van der Waals surface area (Å²) in [5, 5.41) is 9.74. The molecule has 0 spiro atoms. The zero-order valence-electron chi connectivity index (χ0n) is 16.6. The number of aliphatic hydroxyl groups is 1. The van der Waals surface area contributed by atoms with E-state index < -0.39 is 0 Å². The molecule has 2 heterocycles. The number of nitrogens with zero attached hydrogens (tertiary/aromatic N) is 3. The number of hydrogen-bond donors (Lipinski definition) is 1. The topological polar surface area (TPSA) is 30.0 Å². The molecule has 3 rings (SSSR count). The normalized spacial score (nSPS) is 26.5. The zero-order chi connectivity index (χ0) is 19.1. The summed E-state index contributed by atoms with van der Waals surface area (Å²) in [5.41, 5.74) is 1.03. The third kappa shape index (κ3) is 6.68. The summed E-state index contributed by atoms with van der Waals surface area (Å²) in [7, 11) is 2.21. The second-order valence-electron chi connectivity index (χ2n) is 8.28. The van der Waals surface area contributed by atoms with Gasteiger partial charge < -0.3 is 14.9 Å². The molecule has 2 fully saturated rings. The van der Waals surface area contributed by atoms with E-state index in [1.54, 1.807) is 12.1 Å². The lowest BCUT2D eigenvalue weighted by Crippen LogP contribution is -2.46. The van der Waals surface area contributed by atoms with E-state index in [-0.39, 0.29) is 12.4 Å². The fourth-order valence-corrected chi connectivity index (χ4v) is 4.40. The van der Waals surface area contributed by atoms with Crippen molar-refractivity contribution in [2.24, 2.45) is 11.8 Å². The van der Waals surface area contributed by atoms with Crippen molar-refractivity contribution in [2.45, 2.75) is 12.8 Å². The summed E-state index contributed by atoms with van der Waals surface area (Å²) >= 11 is 0. The van der Waals surface area contributed by atoms with Gasteiger partial charge in [-0.15, -0.1) is 0 Å². The van der Waals surface area contributed by atoms with Crippen LogP contribution in [-0.2, 0) is 0 Å². The van der Waals surface area contributed by atoms with E-state index in [9.17, 15) is 9.50 Å². The summed E-state index contributed by atoms with van der Waals surface area (Å²) in [6, 6.07) is 6.60. The Morgan fingerprint density at radius 1 is 1.04 bits per heavy atom. The molecule has 0 aromatic heterocycles. The van der Waals surface area contributed by atoms with Crippen molar-refractivity contribution in [1.29, 1.82) is 0 Å². The molecule has 1 aromatic rings. The Balaban J connectivity index is 1.51. The average Bonchev–Trinajstić information content (AvgIpc) is 2.87. The van der Waals surface area contributed by atoms with Gasteiger partial charge in [0.2, 0.25) is 0 Å². The first-order valence-electron chi connectivity index (χ1n) is 10.3. The fraction of sp³-hybridized carbons (Fsp3) is 0.636. The predicted molar refractivity (Wildman–Crippen MR) is 109 cm³/mol. The van der Waals surface area contributed by atoms with Gasteiger partial charge in [0.25, 0.3) is 0 Å². The van der Waals surface area contributed by atoms with Crippen molar-refractivity contribution in [3.63, 3.8) is 0 Å². The van der Waals surface area contributed by atoms with Crippen molar-refractivity contribution in [2.75, 3.05) is 66.0 Å². The molecule has 2 aliphatic rings. The second kappa shape index (κ2) is 10.3. The summed E-state index contributed by atoms with van der Waals surface area (Å²) in [5.74, 6) is 0.799. The molecule has 4 nitrogen and oxygen atoms in total. The first-order valence-corrected chi connectivity index (χ1v) is 10.3. The highest BCUT2D eigenvalue weighted by Crippen LogP contribution is 2.23. The minimum Gasteiger partial charge on any atom is -0.396 e. The van der Waals surface area contributed by atoms with Gasteiger partial charge in [0.1, 0.15) is 5.82 Å². The van der Waals surface area contributed by atoms with Crippen molar-refractivity contribution in [1.82, 2.24) is 14.7 Å². The summed E-state index contributed by atoms with van der Waals surface area (Å²) < 4.78 is 13.0. The molecule has 27 heavy (non-hydrogen) atoms. The first-order chi connectivity index (χ1) is 13.1. The third-order valence-corrected chi connectivity index (χ3v) is 5.83. The number of rotatable bonds is 6. The van der Waals surface area contributed by atoms with Crippen molar-refractivity contribution in [3.8, 4) is 0 Å². The van der Waals surface area contributed by atoms with Crippen LogP contribution in [0.15, 0.2) is 30.3 Å². The van der Waals surface area contributed by atoms with Crippen molar-refractivity contribution in [3.05, 3.63) is 41.7 Å². The fourth-order valence-electron chi connectivity index (χ4n) is 4.40. The number of piperidine rings is 1. The number of benzene rings is 1. The van der Waals surface area contributed by atoms with Gasteiger partial charge in [-0.1, -0.05) is 24.3 Å². The number of likely N-dealkylation sites (N-methyl/N-ethyl adjacent to an activating group) is 1. The van der Waals surface area contributed by atoms with E-state index in [4.69, 9.17) is 0 Å². The highest BCUT2D eigenvalue weighted by atomic mass is 19.1. The van der Waals surface area contributed by atoms with Crippen LogP contribution >= 0.6 is 0 Å². The quantitative estimate of drug-likeness (QED) is 0.827.